The summed E-state index contributed by atoms with van der Waals surface area (Å²) < 4.78 is 31.8. The summed E-state index contributed by atoms with van der Waals surface area (Å²) in [5.74, 6) is 0.233. The minimum atomic E-state index is -3.74. The van der Waals surface area contributed by atoms with Crippen molar-refractivity contribution in [2.24, 2.45) is 0 Å². The Hall–Kier alpha value is -1.60. The second-order valence-electron chi connectivity index (χ2n) is 5.22. The van der Waals surface area contributed by atoms with Crippen molar-refractivity contribution in [3.05, 3.63) is 24.3 Å². The topological polar surface area (TPSA) is 84.5 Å². The van der Waals surface area contributed by atoms with Crippen molar-refractivity contribution in [2.45, 2.75) is 50.6 Å². The Morgan fingerprint density at radius 1 is 1.23 bits per heavy atom. The first-order valence-electron chi connectivity index (χ1n) is 7.27. The van der Waals surface area contributed by atoms with E-state index in [1.165, 1.54) is 26.2 Å². The van der Waals surface area contributed by atoms with Crippen molar-refractivity contribution in [2.75, 3.05) is 7.11 Å². The molecule has 0 bridgehead atoms. The molecule has 1 unspecified atom stereocenters. The van der Waals surface area contributed by atoms with Crippen LogP contribution in [0.4, 0.5) is 0 Å². The Morgan fingerprint density at radius 3 is 2.32 bits per heavy atom. The Kier molecular flexibility index (Phi) is 6.83. The molecular weight excluding hydrogens is 304 g/mol. The van der Waals surface area contributed by atoms with Crippen molar-refractivity contribution >= 4 is 15.9 Å². The molecule has 0 radical (unpaired) electrons. The van der Waals surface area contributed by atoms with Gasteiger partial charge < -0.3 is 10.1 Å². The summed E-state index contributed by atoms with van der Waals surface area (Å²) in [4.78, 5) is 12.1. The lowest BCUT2D eigenvalue weighted by atomic mass is 10.2. The molecule has 7 heteroatoms. The molecule has 1 aromatic rings. The molecule has 6 nitrogen and oxygen atoms in total. The molecule has 0 aliphatic carbocycles. The number of hydrogen-bond donors (Lipinski definition) is 2. The maximum absolute atomic E-state index is 12.2. The number of carbonyl (C=O) groups excluding carboxylic acids is 1. The molecule has 1 rings (SSSR count). The van der Waals surface area contributed by atoms with Crippen LogP contribution in [0.3, 0.4) is 0 Å². The van der Waals surface area contributed by atoms with Crippen molar-refractivity contribution in [1.82, 2.24) is 10.0 Å². The van der Waals surface area contributed by atoms with E-state index >= 15 is 0 Å². The van der Waals surface area contributed by atoms with E-state index in [-0.39, 0.29) is 16.8 Å². The summed E-state index contributed by atoms with van der Waals surface area (Å²) in [6.07, 6.45) is 1.80. The largest absolute Gasteiger partial charge is 0.497 e. The summed E-state index contributed by atoms with van der Waals surface area (Å²) in [7, 11) is -2.24. The highest BCUT2D eigenvalue weighted by Crippen LogP contribution is 2.15. The zero-order valence-electron chi connectivity index (χ0n) is 13.4. The maximum Gasteiger partial charge on any atom is 0.241 e. The van der Waals surface area contributed by atoms with E-state index in [0.717, 1.165) is 12.8 Å². The normalized spacial score (nSPS) is 14.2. The molecule has 0 aromatic heterocycles. The van der Waals surface area contributed by atoms with Crippen molar-refractivity contribution < 1.29 is 17.9 Å². The highest BCUT2D eigenvalue weighted by Gasteiger charge is 2.22. The van der Waals surface area contributed by atoms with Gasteiger partial charge in [0.15, 0.2) is 0 Å². The Labute approximate surface area is 132 Å². The molecule has 124 valence electrons. The van der Waals surface area contributed by atoms with Crippen LogP contribution in [0.25, 0.3) is 0 Å². The number of sulfonamides is 1. The van der Waals surface area contributed by atoms with Crippen molar-refractivity contribution in [3.63, 3.8) is 0 Å². The molecule has 0 heterocycles. The third-order valence-electron chi connectivity index (χ3n) is 3.21. The van der Waals surface area contributed by atoms with Crippen LogP contribution in [0, 0.1) is 0 Å². The van der Waals surface area contributed by atoms with E-state index in [2.05, 4.69) is 10.0 Å². The molecule has 0 spiro atoms. The fourth-order valence-corrected chi connectivity index (χ4v) is 3.19. The molecule has 0 aliphatic heterocycles. The molecular formula is C15H24N2O4S. The number of methoxy groups -OCH3 is 1. The predicted molar refractivity (Wildman–Crippen MR) is 85.3 cm³/mol. The molecule has 0 fully saturated rings. The van der Waals surface area contributed by atoms with Gasteiger partial charge in [-0.3, -0.25) is 4.79 Å². The van der Waals surface area contributed by atoms with E-state index in [0.29, 0.717) is 5.75 Å². The molecule has 0 saturated heterocycles. The van der Waals surface area contributed by atoms with Crippen LogP contribution < -0.4 is 14.8 Å². The van der Waals surface area contributed by atoms with Gasteiger partial charge in [-0.05, 0) is 44.5 Å². The summed E-state index contributed by atoms with van der Waals surface area (Å²) in [5, 5.41) is 2.79. The minimum Gasteiger partial charge on any atom is -0.497 e. The summed E-state index contributed by atoms with van der Waals surface area (Å²) >= 11 is 0. The van der Waals surface area contributed by atoms with Crippen molar-refractivity contribution in [1.29, 1.82) is 0 Å². The lowest BCUT2D eigenvalue weighted by molar-refractivity contribution is -0.123. The fraction of sp³-hybridized carbons (Fsp3) is 0.533. The second-order valence-corrected chi connectivity index (χ2v) is 6.93. The summed E-state index contributed by atoms with van der Waals surface area (Å²) in [6, 6.07) is 5.17. The number of hydrogen-bond acceptors (Lipinski definition) is 4. The molecule has 2 N–H and O–H groups in total. The van der Waals surface area contributed by atoms with Crippen LogP contribution in [0.5, 0.6) is 5.75 Å². The first-order valence-corrected chi connectivity index (χ1v) is 8.75. The smallest absolute Gasteiger partial charge is 0.241 e. The molecule has 22 heavy (non-hydrogen) atoms. The Bertz CT molecular complexity index is 584. The fourth-order valence-electron chi connectivity index (χ4n) is 1.98. The summed E-state index contributed by atoms with van der Waals surface area (Å²) in [6.45, 7) is 5.44. The van der Waals surface area contributed by atoms with E-state index in [1.54, 1.807) is 12.1 Å². The van der Waals surface area contributed by atoms with E-state index in [9.17, 15) is 13.2 Å². The Balaban J connectivity index is 2.72. The standard InChI is InChI=1S/C15H24N2O4S/c1-5-6-11(2)16-15(18)12(3)17-22(19,20)14-9-7-13(21-4)8-10-14/h7-12,17H,5-6H2,1-4H3,(H,16,18)/t11?,12-/m0/s1. The van der Waals surface area contributed by atoms with Gasteiger partial charge in [-0.2, -0.15) is 4.72 Å². The average Bonchev–Trinajstić information content (AvgIpc) is 2.47. The van der Waals surface area contributed by atoms with Gasteiger partial charge in [-0.25, -0.2) is 8.42 Å². The van der Waals surface area contributed by atoms with Gasteiger partial charge in [0.25, 0.3) is 0 Å². The quantitative estimate of drug-likeness (QED) is 0.760. The summed E-state index contributed by atoms with van der Waals surface area (Å²) in [5.41, 5.74) is 0. The monoisotopic (exact) mass is 328 g/mol. The molecule has 1 aromatic carbocycles. The zero-order valence-corrected chi connectivity index (χ0v) is 14.2. The first-order chi connectivity index (χ1) is 10.3. The molecule has 2 atom stereocenters. The minimum absolute atomic E-state index is 0.0189. The predicted octanol–water partition coefficient (Wildman–Crippen LogP) is 1.67. The van der Waals surface area contributed by atoms with Crippen LogP contribution in [-0.4, -0.2) is 33.5 Å². The van der Waals surface area contributed by atoms with E-state index in [1.807, 2.05) is 13.8 Å². The highest BCUT2D eigenvalue weighted by molar-refractivity contribution is 7.89. The number of amides is 1. The lowest BCUT2D eigenvalue weighted by Gasteiger charge is -2.18. The van der Waals surface area contributed by atoms with Crippen LogP contribution in [0.2, 0.25) is 0 Å². The molecule has 0 aliphatic rings. The number of rotatable bonds is 8. The number of carbonyl (C=O) groups is 1. The zero-order chi connectivity index (χ0) is 16.8. The second kappa shape index (κ2) is 8.14. The number of benzene rings is 1. The van der Waals surface area contributed by atoms with E-state index < -0.39 is 16.1 Å². The van der Waals surface area contributed by atoms with Crippen molar-refractivity contribution in [3.8, 4) is 5.75 Å². The lowest BCUT2D eigenvalue weighted by Crippen LogP contribution is -2.47. The Morgan fingerprint density at radius 2 is 1.82 bits per heavy atom. The highest BCUT2D eigenvalue weighted by atomic mass is 32.2. The van der Waals surface area contributed by atoms with Gasteiger partial charge in [0, 0.05) is 6.04 Å². The molecule has 1 amide bonds. The van der Waals surface area contributed by atoms with Crippen LogP contribution in [0.15, 0.2) is 29.2 Å². The van der Waals surface area contributed by atoms with Gasteiger partial charge in [0.1, 0.15) is 5.75 Å². The number of ether oxygens (including phenoxy) is 1. The van der Waals surface area contributed by atoms with Crippen LogP contribution in [-0.2, 0) is 14.8 Å². The maximum atomic E-state index is 12.2. The van der Waals surface area contributed by atoms with Gasteiger partial charge in [-0.1, -0.05) is 13.3 Å². The van der Waals surface area contributed by atoms with Gasteiger partial charge >= 0.3 is 0 Å². The van der Waals surface area contributed by atoms with E-state index in [4.69, 9.17) is 4.74 Å². The SMILES string of the molecule is CCCC(C)NC(=O)[C@H](C)NS(=O)(=O)c1ccc(OC)cc1. The van der Waals surface area contributed by atoms with Gasteiger partial charge in [0.2, 0.25) is 15.9 Å². The van der Waals surface area contributed by atoms with Crippen LogP contribution in [0.1, 0.15) is 33.6 Å². The van der Waals surface area contributed by atoms with Gasteiger partial charge in [0.05, 0.1) is 18.0 Å². The third kappa shape index (κ3) is 5.31. The first kappa shape index (κ1) is 18.4. The number of nitrogens with one attached hydrogen (secondary N) is 2. The third-order valence-corrected chi connectivity index (χ3v) is 4.76. The average molecular weight is 328 g/mol. The molecule has 0 saturated carbocycles. The van der Waals surface area contributed by atoms with Gasteiger partial charge in [-0.15, -0.1) is 0 Å². The van der Waals surface area contributed by atoms with Crippen LogP contribution >= 0.6 is 0 Å².